The van der Waals surface area contributed by atoms with Crippen molar-refractivity contribution in [1.82, 2.24) is 14.7 Å². The van der Waals surface area contributed by atoms with Crippen molar-refractivity contribution in [3.8, 4) is 0 Å². The van der Waals surface area contributed by atoms with E-state index in [0.717, 1.165) is 18.8 Å². The van der Waals surface area contributed by atoms with Crippen molar-refractivity contribution < 1.29 is 4.79 Å². The Labute approximate surface area is 121 Å². The van der Waals surface area contributed by atoms with Gasteiger partial charge in [-0.2, -0.15) is 5.10 Å². The van der Waals surface area contributed by atoms with E-state index < -0.39 is 0 Å². The molecule has 4 heteroatoms. The summed E-state index contributed by atoms with van der Waals surface area (Å²) in [5.74, 6) is 0.111. The van der Waals surface area contributed by atoms with Gasteiger partial charge in [-0.15, -0.1) is 0 Å². The molecule has 1 aliphatic carbocycles. The van der Waals surface area contributed by atoms with Crippen molar-refractivity contribution >= 4 is 5.91 Å². The van der Waals surface area contributed by atoms with Crippen LogP contribution in [-0.4, -0.2) is 33.7 Å². The first-order valence-electron chi connectivity index (χ1n) is 7.90. The lowest BCUT2D eigenvalue weighted by molar-refractivity contribution is 0.0466. The van der Waals surface area contributed by atoms with Crippen LogP contribution in [0.25, 0.3) is 0 Å². The number of rotatable bonds is 1. The molecule has 1 spiro atoms. The number of likely N-dealkylation sites (tertiary alicyclic amines) is 1. The summed E-state index contributed by atoms with van der Waals surface area (Å²) in [6.45, 7) is 3.81. The summed E-state index contributed by atoms with van der Waals surface area (Å²) in [6.07, 6.45) is 9.28. The Morgan fingerprint density at radius 3 is 2.35 bits per heavy atom. The Morgan fingerprint density at radius 1 is 1.15 bits per heavy atom. The number of aromatic nitrogens is 2. The Morgan fingerprint density at radius 2 is 1.80 bits per heavy atom. The number of amides is 1. The number of carbonyl (C=O) groups excluding carboxylic acids is 1. The molecule has 1 aromatic rings. The second kappa shape index (κ2) is 5.23. The van der Waals surface area contributed by atoms with Gasteiger partial charge in [0.15, 0.2) is 5.69 Å². The maximum absolute atomic E-state index is 12.5. The van der Waals surface area contributed by atoms with Crippen LogP contribution in [0.15, 0.2) is 6.07 Å². The zero-order chi connectivity index (χ0) is 14.2. The van der Waals surface area contributed by atoms with Crippen LogP contribution in [0.3, 0.4) is 0 Å². The molecule has 1 saturated heterocycles. The largest absolute Gasteiger partial charge is 0.337 e. The molecular formula is C16H25N3O. The molecule has 2 fully saturated rings. The Bertz CT molecular complexity index is 470. The molecule has 3 rings (SSSR count). The first kappa shape index (κ1) is 13.7. The second-order valence-electron chi connectivity index (χ2n) is 6.65. The molecule has 0 radical (unpaired) electrons. The average molecular weight is 275 g/mol. The van der Waals surface area contributed by atoms with Crippen LogP contribution in [-0.2, 0) is 7.05 Å². The van der Waals surface area contributed by atoms with E-state index in [2.05, 4.69) is 5.10 Å². The Hall–Kier alpha value is -1.32. The highest BCUT2D eigenvalue weighted by molar-refractivity contribution is 5.92. The maximum Gasteiger partial charge on any atom is 0.274 e. The van der Waals surface area contributed by atoms with Gasteiger partial charge in [-0.3, -0.25) is 9.48 Å². The minimum Gasteiger partial charge on any atom is -0.337 e. The summed E-state index contributed by atoms with van der Waals surface area (Å²) in [5.41, 5.74) is 2.19. The van der Waals surface area contributed by atoms with Crippen LogP contribution in [0.1, 0.15) is 61.1 Å². The minimum absolute atomic E-state index is 0.111. The highest BCUT2D eigenvalue weighted by atomic mass is 16.2. The lowest BCUT2D eigenvalue weighted by atomic mass is 9.68. The van der Waals surface area contributed by atoms with Crippen LogP contribution in [0.2, 0.25) is 0 Å². The number of aryl methyl sites for hydroxylation is 2. The van der Waals surface area contributed by atoms with Gasteiger partial charge in [0.2, 0.25) is 0 Å². The quantitative estimate of drug-likeness (QED) is 0.790. The molecule has 2 heterocycles. The van der Waals surface area contributed by atoms with Crippen molar-refractivity contribution in [2.75, 3.05) is 13.1 Å². The maximum atomic E-state index is 12.5. The predicted octanol–water partition coefficient (Wildman–Crippen LogP) is 2.92. The first-order chi connectivity index (χ1) is 9.60. The molecule has 0 unspecified atom stereocenters. The highest BCUT2D eigenvalue weighted by Gasteiger charge is 2.37. The Kier molecular flexibility index (Phi) is 3.57. The van der Waals surface area contributed by atoms with Crippen LogP contribution >= 0.6 is 0 Å². The summed E-state index contributed by atoms with van der Waals surface area (Å²) >= 11 is 0. The normalized spacial score (nSPS) is 22.2. The van der Waals surface area contributed by atoms with E-state index in [1.165, 1.54) is 44.9 Å². The molecule has 0 atom stereocenters. The minimum atomic E-state index is 0.111. The summed E-state index contributed by atoms with van der Waals surface area (Å²) in [7, 11) is 1.89. The molecule has 1 saturated carbocycles. The van der Waals surface area contributed by atoms with Gasteiger partial charge in [-0.25, -0.2) is 0 Å². The lowest BCUT2D eigenvalue weighted by Gasteiger charge is -2.44. The van der Waals surface area contributed by atoms with E-state index in [1.807, 2.05) is 24.9 Å². The zero-order valence-electron chi connectivity index (χ0n) is 12.7. The SMILES string of the molecule is Cc1cc(C(=O)N2CCC3(CCCCC3)CC2)nn1C. The van der Waals surface area contributed by atoms with Crippen molar-refractivity contribution in [2.24, 2.45) is 12.5 Å². The molecule has 4 nitrogen and oxygen atoms in total. The molecule has 0 aromatic carbocycles. The molecular weight excluding hydrogens is 250 g/mol. The molecule has 0 N–H and O–H groups in total. The van der Waals surface area contributed by atoms with Gasteiger partial charge in [-0.05, 0) is 44.1 Å². The summed E-state index contributed by atoms with van der Waals surface area (Å²) in [5, 5.41) is 4.31. The monoisotopic (exact) mass is 275 g/mol. The van der Waals surface area contributed by atoms with Crippen LogP contribution < -0.4 is 0 Å². The third kappa shape index (κ3) is 2.48. The Balaban J connectivity index is 1.64. The topological polar surface area (TPSA) is 38.1 Å². The van der Waals surface area contributed by atoms with E-state index in [9.17, 15) is 4.79 Å². The average Bonchev–Trinajstić information content (AvgIpc) is 2.80. The fraction of sp³-hybridized carbons (Fsp3) is 0.750. The molecule has 20 heavy (non-hydrogen) atoms. The van der Waals surface area contributed by atoms with Gasteiger partial charge in [0.25, 0.3) is 5.91 Å². The van der Waals surface area contributed by atoms with Crippen LogP contribution in [0.4, 0.5) is 0 Å². The van der Waals surface area contributed by atoms with E-state index in [0.29, 0.717) is 11.1 Å². The number of hydrogen-bond donors (Lipinski definition) is 0. The molecule has 1 aromatic heterocycles. The summed E-state index contributed by atoms with van der Waals surface area (Å²) in [6, 6.07) is 1.90. The van der Waals surface area contributed by atoms with Gasteiger partial charge in [0.1, 0.15) is 0 Å². The van der Waals surface area contributed by atoms with Crippen LogP contribution in [0.5, 0.6) is 0 Å². The number of nitrogens with zero attached hydrogens (tertiary/aromatic N) is 3. The zero-order valence-corrected chi connectivity index (χ0v) is 12.7. The van der Waals surface area contributed by atoms with Gasteiger partial charge >= 0.3 is 0 Å². The van der Waals surface area contributed by atoms with Crippen molar-refractivity contribution in [2.45, 2.75) is 51.9 Å². The molecule has 0 bridgehead atoms. The lowest BCUT2D eigenvalue weighted by Crippen LogP contribution is -2.44. The van der Waals surface area contributed by atoms with Gasteiger partial charge in [0, 0.05) is 25.8 Å². The van der Waals surface area contributed by atoms with E-state index in [4.69, 9.17) is 0 Å². The first-order valence-corrected chi connectivity index (χ1v) is 7.90. The van der Waals surface area contributed by atoms with E-state index in [-0.39, 0.29) is 5.91 Å². The second-order valence-corrected chi connectivity index (χ2v) is 6.65. The summed E-state index contributed by atoms with van der Waals surface area (Å²) in [4.78, 5) is 14.5. The standard InChI is InChI=1S/C16H25N3O/c1-13-12-14(17-18(13)2)15(20)19-10-8-16(9-11-19)6-4-3-5-7-16/h12H,3-11H2,1-2H3. The fourth-order valence-corrected chi connectivity index (χ4v) is 3.81. The van der Waals surface area contributed by atoms with Gasteiger partial charge in [-0.1, -0.05) is 19.3 Å². The van der Waals surface area contributed by atoms with Crippen molar-refractivity contribution in [3.63, 3.8) is 0 Å². The summed E-state index contributed by atoms with van der Waals surface area (Å²) < 4.78 is 1.78. The molecule has 110 valence electrons. The number of carbonyl (C=O) groups is 1. The third-order valence-corrected chi connectivity index (χ3v) is 5.36. The number of hydrogen-bond acceptors (Lipinski definition) is 2. The molecule has 1 aliphatic heterocycles. The van der Waals surface area contributed by atoms with E-state index >= 15 is 0 Å². The van der Waals surface area contributed by atoms with Crippen molar-refractivity contribution in [3.05, 3.63) is 17.5 Å². The smallest absolute Gasteiger partial charge is 0.274 e. The van der Waals surface area contributed by atoms with Gasteiger partial charge in [0.05, 0.1) is 0 Å². The highest BCUT2D eigenvalue weighted by Crippen LogP contribution is 2.44. The van der Waals surface area contributed by atoms with Crippen molar-refractivity contribution in [1.29, 1.82) is 0 Å². The fourth-order valence-electron chi connectivity index (χ4n) is 3.81. The molecule has 2 aliphatic rings. The van der Waals surface area contributed by atoms with Crippen LogP contribution in [0, 0.1) is 12.3 Å². The molecule has 1 amide bonds. The third-order valence-electron chi connectivity index (χ3n) is 5.36. The van der Waals surface area contributed by atoms with E-state index in [1.54, 1.807) is 4.68 Å². The van der Waals surface area contributed by atoms with Gasteiger partial charge < -0.3 is 4.90 Å². The predicted molar refractivity (Wildman–Crippen MR) is 78.6 cm³/mol. The number of piperidine rings is 1.